The molecule has 8 nitrogen and oxygen atoms in total. The molecule has 1 heterocycles. The lowest BCUT2D eigenvalue weighted by Gasteiger charge is -2.30. The number of carboxylic acid groups (broad SMARTS) is 1. The zero-order valence-electron chi connectivity index (χ0n) is 16.8. The summed E-state index contributed by atoms with van der Waals surface area (Å²) in [6, 6.07) is 12.2. The fourth-order valence-electron chi connectivity index (χ4n) is 3.74. The molecule has 2 aromatic rings. The zero-order chi connectivity index (χ0) is 20.9. The summed E-state index contributed by atoms with van der Waals surface area (Å²) in [5.41, 5.74) is 0.985. The minimum Gasteiger partial charge on any atom is -0.491 e. The van der Waals surface area contributed by atoms with Gasteiger partial charge in [-0.05, 0) is 35.9 Å². The van der Waals surface area contributed by atoms with E-state index in [2.05, 4.69) is 16.7 Å². The van der Waals surface area contributed by atoms with E-state index in [1.54, 1.807) is 0 Å². The van der Waals surface area contributed by atoms with Gasteiger partial charge in [-0.1, -0.05) is 24.3 Å². The van der Waals surface area contributed by atoms with Crippen LogP contribution in [0.4, 0.5) is 4.79 Å². The van der Waals surface area contributed by atoms with Gasteiger partial charge in [0.05, 0.1) is 13.2 Å². The van der Waals surface area contributed by atoms with Crippen molar-refractivity contribution in [3.8, 4) is 5.75 Å². The van der Waals surface area contributed by atoms with E-state index in [9.17, 15) is 9.59 Å². The van der Waals surface area contributed by atoms with Crippen molar-refractivity contribution >= 4 is 22.8 Å². The van der Waals surface area contributed by atoms with E-state index in [-0.39, 0.29) is 25.1 Å². The van der Waals surface area contributed by atoms with Gasteiger partial charge in [0.2, 0.25) is 0 Å². The summed E-state index contributed by atoms with van der Waals surface area (Å²) < 4.78 is 11.6. The summed E-state index contributed by atoms with van der Waals surface area (Å²) in [7, 11) is 0. The van der Waals surface area contributed by atoms with Crippen LogP contribution in [0, 0.1) is 0 Å². The van der Waals surface area contributed by atoms with Gasteiger partial charge in [-0.2, -0.15) is 0 Å². The van der Waals surface area contributed by atoms with Crippen molar-refractivity contribution in [2.45, 2.75) is 31.5 Å². The molecule has 1 aliphatic heterocycles. The van der Waals surface area contributed by atoms with Gasteiger partial charge in [0.25, 0.3) is 5.91 Å². The lowest BCUT2D eigenvalue weighted by atomic mass is 10.0. The molecule has 4 rings (SSSR count). The Labute approximate surface area is 175 Å². The molecule has 8 heteroatoms. The second-order valence-electron chi connectivity index (χ2n) is 7.66. The van der Waals surface area contributed by atoms with E-state index in [4.69, 9.17) is 14.6 Å². The normalized spacial score (nSPS) is 18.7. The summed E-state index contributed by atoms with van der Waals surface area (Å²) in [4.78, 5) is 25.6. The number of nitrogens with one attached hydrogen (secondary N) is 2. The molecule has 30 heavy (non-hydrogen) atoms. The van der Waals surface area contributed by atoms with E-state index >= 15 is 0 Å². The molecule has 1 saturated carbocycles. The number of ether oxygens (including phenoxy) is 2. The summed E-state index contributed by atoms with van der Waals surface area (Å²) in [6.45, 7) is 2.80. The van der Waals surface area contributed by atoms with Gasteiger partial charge < -0.3 is 30.1 Å². The van der Waals surface area contributed by atoms with E-state index in [1.807, 2.05) is 35.2 Å². The minimum absolute atomic E-state index is 0.0333. The first-order chi connectivity index (χ1) is 14.6. The first-order valence-electron chi connectivity index (χ1n) is 10.4. The Hall–Kier alpha value is -2.84. The van der Waals surface area contributed by atoms with Crippen LogP contribution in [-0.2, 0) is 16.1 Å². The van der Waals surface area contributed by atoms with E-state index in [1.165, 1.54) is 0 Å². The Kier molecular flexibility index (Phi) is 6.35. The van der Waals surface area contributed by atoms with Gasteiger partial charge in [-0.25, -0.2) is 4.79 Å². The second kappa shape index (κ2) is 9.32. The number of nitrogens with zero attached hydrogens (tertiary/aromatic N) is 1. The van der Waals surface area contributed by atoms with Crippen molar-refractivity contribution in [1.82, 2.24) is 15.5 Å². The number of benzene rings is 2. The molecule has 0 radical (unpaired) electrons. The monoisotopic (exact) mass is 413 g/mol. The summed E-state index contributed by atoms with van der Waals surface area (Å²) in [5.74, 6) is 0.722. The van der Waals surface area contributed by atoms with Gasteiger partial charge >= 0.3 is 6.09 Å². The highest BCUT2D eigenvalue weighted by Gasteiger charge is 2.36. The largest absolute Gasteiger partial charge is 0.491 e. The standard InChI is InChI=1S/C22H27N3O5/c26-21(20-13-23-7-9-30-20)25(17-5-6-17)14-15-11-16-3-1-2-4-18(16)19(12-15)29-10-8-24-22(27)28/h1-4,11-12,17,20,23-24H,5-10,13-14H2,(H,27,28)/t20-/m1/s1. The number of rotatable bonds is 8. The SMILES string of the molecule is O=C(O)NCCOc1cc(CN(C(=O)[C@H]2CNCCO2)C2CC2)cc2ccccc12. The second-order valence-corrected chi connectivity index (χ2v) is 7.66. The molecule has 0 unspecified atom stereocenters. The van der Waals surface area contributed by atoms with E-state index in [0.717, 1.165) is 35.7 Å². The smallest absolute Gasteiger partial charge is 0.404 e. The maximum atomic E-state index is 13.1. The molecule has 0 bridgehead atoms. The van der Waals surface area contributed by atoms with Gasteiger partial charge in [0.1, 0.15) is 18.5 Å². The molecule has 3 N–H and O–H groups in total. The Morgan fingerprint density at radius 3 is 2.83 bits per heavy atom. The van der Waals surface area contributed by atoms with Gasteiger partial charge in [0, 0.05) is 31.1 Å². The molecule has 0 aromatic heterocycles. The Bertz CT molecular complexity index is 909. The highest BCUT2D eigenvalue weighted by Crippen LogP contribution is 2.32. The minimum atomic E-state index is -1.07. The van der Waals surface area contributed by atoms with Crippen LogP contribution in [-0.4, -0.2) is 67.0 Å². The van der Waals surface area contributed by atoms with Crippen LogP contribution < -0.4 is 15.4 Å². The molecular formula is C22H27N3O5. The number of amides is 2. The fraction of sp³-hybridized carbons (Fsp3) is 0.455. The predicted octanol–water partition coefficient (Wildman–Crippen LogP) is 1.97. The van der Waals surface area contributed by atoms with Crippen molar-refractivity contribution in [1.29, 1.82) is 0 Å². The van der Waals surface area contributed by atoms with Crippen molar-refractivity contribution in [3.63, 3.8) is 0 Å². The molecule has 160 valence electrons. The summed E-state index contributed by atoms with van der Waals surface area (Å²) >= 11 is 0. The fourth-order valence-corrected chi connectivity index (χ4v) is 3.74. The molecule has 0 spiro atoms. The summed E-state index contributed by atoms with van der Waals surface area (Å²) in [5, 5.41) is 16.2. The number of hydrogen-bond acceptors (Lipinski definition) is 5. The first-order valence-corrected chi connectivity index (χ1v) is 10.4. The van der Waals surface area contributed by atoms with Crippen molar-refractivity contribution < 1.29 is 24.2 Å². The topological polar surface area (TPSA) is 100 Å². The first kappa shape index (κ1) is 20.4. The van der Waals surface area contributed by atoms with Crippen LogP contribution in [0.5, 0.6) is 5.75 Å². The zero-order valence-corrected chi connectivity index (χ0v) is 16.8. The molecular weight excluding hydrogens is 386 g/mol. The average molecular weight is 413 g/mol. The molecule has 2 fully saturated rings. The summed E-state index contributed by atoms with van der Waals surface area (Å²) in [6.07, 6.45) is 0.528. The Morgan fingerprint density at radius 2 is 2.10 bits per heavy atom. The van der Waals surface area contributed by atoms with Crippen LogP contribution in [0.3, 0.4) is 0 Å². The van der Waals surface area contributed by atoms with Crippen LogP contribution in [0.1, 0.15) is 18.4 Å². The van der Waals surface area contributed by atoms with Gasteiger partial charge in [-0.3, -0.25) is 4.79 Å². The number of fused-ring (bicyclic) bond motifs is 1. The average Bonchev–Trinajstić information content (AvgIpc) is 3.60. The third-order valence-corrected chi connectivity index (χ3v) is 5.35. The Balaban J connectivity index is 1.53. The third kappa shape index (κ3) is 5.01. The molecule has 1 aliphatic carbocycles. The highest BCUT2D eigenvalue weighted by molar-refractivity contribution is 5.89. The van der Waals surface area contributed by atoms with E-state index in [0.29, 0.717) is 25.4 Å². The van der Waals surface area contributed by atoms with Crippen molar-refractivity contribution in [2.24, 2.45) is 0 Å². The third-order valence-electron chi connectivity index (χ3n) is 5.35. The van der Waals surface area contributed by atoms with Crippen LogP contribution >= 0.6 is 0 Å². The van der Waals surface area contributed by atoms with Gasteiger partial charge in [0.15, 0.2) is 0 Å². The lowest BCUT2D eigenvalue weighted by molar-refractivity contribution is -0.146. The predicted molar refractivity (Wildman–Crippen MR) is 112 cm³/mol. The quantitative estimate of drug-likeness (QED) is 0.572. The maximum absolute atomic E-state index is 13.1. The number of carbonyl (C=O) groups is 2. The molecule has 1 atom stereocenters. The van der Waals surface area contributed by atoms with Crippen LogP contribution in [0.25, 0.3) is 10.8 Å². The van der Waals surface area contributed by atoms with Crippen molar-refractivity contribution in [2.75, 3.05) is 32.8 Å². The molecule has 1 saturated heterocycles. The van der Waals surface area contributed by atoms with Crippen molar-refractivity contribution in [3.05, 3.63) is 42.0 Å². The lowest BCUT2D eigenvalue weighted by Crippen LogP contribution is -2.49. The molecule has 2 aromatic carbocycles. The number of hydrogen-bond donors (Lipinski definition) is 3. The van der Waals surface area contributed by atoms with E-state index < -0.39 is 12.2 Å². The maximum Gasteiger partial charge on any atom is 0.404 e. The van der Waals surface area contributed by atoms with Crippen LogP contribution in [0.15, 0.2) is 36.4 Å². The molecule has 2 amide bonds. The highest BCUT2D eigenvalue weighted by atomic mass is 16.5. The van der Waals surface area contributed by atoms with Gasteiger partial charge in [-0.15, -0.1) is 0 Å². The van der Waals surface area contributed by atoms with Crippen LogP contribution in [0.2, 0.25) is 0 Å². The Morgan fingerprint density at radius 1 is 1.27 bits per heavy atom. The molecule has 2 aliphatic rings. The number of morpholine rings is 1. The number of carbonyl (C=O) groups excluding carboxylic acids is 1.